The highest BCUT2D eigenvalue weighted by Crippen LogP contribution is 2.30. The number of fused-ring (bicyclic) bond motifs is 3. The SMILES string of the molecule is NC(=O)C[C@@H](NC(=O)OCc1ccccc1)C(=O)Nc1ccc2c(c1)oc1ccccc12. The molecule has 1 heterocycles. The third-order valence-corrected chi connectivity index (χ3v) is 4.87. The summed E-state index contributed by atoms with van der Waals surface area (Å²) >= 11 is 0. The molecule has 32 heavy (non-hydrogen) atoms. The van der Waals surface area contributed by atoms with E-state index in [1.54, 1.807) is 24.3 Å². The summed E-state index contributed by atoms with van der Waals surface area (Å²) in [6.45, 7) is 0.0281. The lowest BCUT2D eigenvalue weighted by atomic mass is 10.1. The molecule has 8 nitrogen and oxygen atoms in total. The fourth-order valence-corrected chi connectivity index (χ4v) is 3.35. The number of rotatable bonds is 7. The second kappa shape index (κ2) is 9.22. The first-order valence-electron chi connectivity index (χ1n) is 9.97. The van der Waals surface area contributed by atoms with Gasteiger partial charge in [0.1, 0.15) is 23.8 Å². The predicted octanol–water partition coefficient (Wildman–Crippen LogP) is 3.69. The predicted molar refractivity (Wildman–Crippen MR) is 120 cm³/mol. The highest BCUT2D eigenvalue weighted by Gasteiger charge is 2.24. The van der Waals surface area contributed by atoms with E-state index in [0.717, 1.165) is 21.9 Å². The van der Waals surface area contributed by atoms with E-state index in [4.69, 9.17) is 14.9 Å². The van der Waals surface area contributed by atoms with Crippen molar-refractivity contribution in [2.45, 2.75) is 19.1 Å². The molecular formula is C24H21N3O5. The van der Waals surface area contributed by atoms with Crippen molar-refractivity contribution >= 4 is 45.5 Å². The first-order valence-corrected chi connectivity index (χ1v) is 9.97. The number of para-hydroxylation sites is 1. The van der Waals surface area contributed by atoms with Gasteiger partial charge in [-0.3, -0.25) is 9.59 Å². The average molecular weight is 431 g/mol. The topological polar surface area (TPSA) is 124 Å². The summed E-state index contributed by atoms with van der Waals surface area (Å²) < 4.78 is 11.0. The third-order valence-electron chi connectivity index (χ3n) is 4.87. The maximum atomic E-state index is 12.7. The Hall–Kier alpha value is -4.33. The molecular weight excluding hydrogens is 410 g/mol. The molecule has 3 aromatic carbocycles. The van der Waals surface area contributed by atoms with Gasteiger partial charge in [-0.15, -0.1) is 0 Å². The van der Waals surface area contributed by atoms with Gasteiger partial charge in [-0.2, -0.15) is 0 Å². The fraction of sp³-hybridized carbons (Fsp3) is 0.125. The van der Waals surface area contributed by atoms with Crippen LogP contribution in [-0.2, 0) is 20.9 Å². The summed E-state index contributed by atoms with van der Waals surface area (Å²) in [6.07, 6.45) is -1.21. The van der Waals surface area contributed by atoms with Gasteiger partial charge in [0.05, 0.1) is 6.42 Å². The van der Waals surface area contributed by atoms with Crippen molar-refractivity contribution < 1.29 is 23.5 Å². The quantitative estimate of drug-likeness (QED) is 0.412. The second-order valence-corrected chi connectivity index (χ2v) is 7.23. The molecule has 0 bridgehead atoms. The number of alkyl carbamates (subject to hydrolysis) is 1. The number of primary amides is 1. The van der Waals surface area contributed by atoms with E-state index in [1.165, 1.54) is 0 Å². The van der Waals surface area contributed by atoms with Gasteiger partial charge in [0.2, 0.25) is 11.8 Å². The number of nitrogens with two attached hydrogens (primary N) is 1. The molecule has 0 saturated heterocycles. The monoisotopic (exact) mass is 431 g/mol. The van der Waals surface area contributed by atoms with Gasteiger partial charge in [0.15, 0.2) is 0 Å². The Morgan fingerprint density at radius 3 is 2.41 bits per heavy atom. The standard InChI is InChI=1S/C24H21N3O5/c25-22(28)13-19(27-24(30)31-14-15-6-2-1-3-7-15)23(29)26-16-10-11-18-17-8-4-5-9-20(17)32-21(18)12-16/h1-12,19H,13-14H2,(H2,25,28)(H,26,29)(H,27,30)/t19-/m1/s1. The minimum Gasteiger partial charge on any atom is -0.456 e. The van der Waals surface area contributed by atoms with Crippen LogP contribution >= 0.6 is 0 Å². The lowest BCUT2D eigenvalue weighted by molar-refractivity contribution is -0.123. The molecule has 3 amide bonds. The smallest absolute Gasteiger partial charge is 0.408 e. The van der Waals surface area contributed by atoms with E-state index in [9.17, 15) is 14.4 Å². The van der Waals surface area contributed by atoms with Gasteiger partial charge in [0.25, 0.3) is 0 Å². The Bertz CT molecular complexity index is 1280. The Morgan fingerprint density at radius 1 is 0.906 bits per heavy atom. The fourth-order valence-electron chi connectivity index (χ4n) is 3.35. The number of furan rings is 1. The Kier molecular flexibility index (Phi) is 6.03. The molecule has 0 aliphatic heterocycles. The van der Waals surface area contributed by atoms with Crippen LogP contribution in [0.25, 0.3) is 21.9 Å². The summed E-state index contributed by atoms with van der Waals surface area (Å²) in [5.41, 5.74) is 7.84. The van der Waals surface area contributed by atoms with Crippen LogP contribution in [0.1, 0.15) is 12.0 Å². The summed E-state index contributed by atoms with van der Waals surface area (Å²) in [7, 11) is 0. The van der Waals surface area contributed by atoms with Crippen LogP contribution in [0.4, 0.5) is 10.5 Å². The van der Waals surface area contributed by atoms with Crippen LogP contribution in [0.3, 0.4) is 0 Å². The number of amides is 3. The number of nitrogens with one attached hydrogen (secondary N) is 2. The zero-order chi connectivity index (χ0) is 22.5. The zero-order valence-electron chi connectivity index (χ0n) is 17.0. The molecule has 4 N–H and O–H groups in total. The lowest BCUT2D eigenvalue weighted by Gasteiger charge is -2.17. The Balaban J connectivity index is 1.44. The number of ether oxygens (including phenoxy) is 1. The molecule has 162 valence electrons. The van der Waals surface area contributed by atoms with E-state index >= 15 is 0 Å². The number of carbonyl (C=O) groups excluding carboxylic acids is 3. The number of benzene rings is 3. The zero-order valence-corrected chi connectivity index (χ0v) is 17.0. The van der Waals surface area contributed by atoms with Gasteiger partial charge in [-0.1, -0.05) is 48.5 Å². The molecule has 1 aromatic heterocycles. The first kappa shape index (κ1) is 20.9. The van der Waals surface area contributed by atoms with Crippen molar-refractivity contribution in [3.05, 3.63) is 78.4 Å². The second-order valence-electron chi connectivity index (χ2n) is 7.23. The minimum atomic E-state index is -1.19. The van der Waals surface area contributed by atoms with Crippen molar-refractivity contribution in [3.63, 3.8) is 0 Å². The van der Waals surface area contributed by atoms with Crippen LogP contribution in [0.15, 0.2) is 77.2 Å². The van der Waals surface area contributed by atoms with E-state index in [2.05, 4.69) is 10.6 Å². The van der Waals surface area contributed by atoms with Crippen LogP contribution < -0.4 is 16.4 Å². The average Bonchev–Trinajstić information content (AvgIpc) is 3.15. The van der Waals surface area contributed by atoms with E-state index in [-0.39, 0.29) is 13.0 Å². The molecule has 0 aliphatic carbocycles. The highest BCUT2D eigenvalue weighted by molar-refractivity contribution is 6.07. The summed E-state index contributed by atoms with van der Waals surface area (Å²) in [5.74, 6) is -1.34. The molecule has 0 spiro atoms. The van der Waals surface area contributed by atoms with Gasteiger partial charge < -0.3 is 25.5 Å². The van der Waals surface area contributed by atoms with E-state index < -0.39 is 23.9 Å². The van der Waals surface area contributed by atoms with Gasteiger partial charge in [0, 0.05) is 22.5 Å². The molecule has 4 rings (SSSR count). The van der Waals surface area contributed by atoms with Crippen molar-refractivity contribution in [1.29, 1.82) is 0 Å². The highest BCUT2D eigenvalue weighted by atomic mass is 16.5. The van der Waals surface area contributed by atoms with Gasteiger partial charge in [-0.05, 0) is 23.8 Å². The number of hydrogen-bond donors (Lipinski definition) is 3. The van der Waals surface area contributed by atoms with Gasteiger partial charge in [-0.25, -0.2) is 4.79 Å². The maximum absolute atomic E-state index is 12.7. The van der Waals surface area contributed by atoms with Crippen LogP contribution in [-0.4, -0.2) is 23.9 Å². The van der Waals surface area contributed by atoms with Crippen molar-refractivity contribution in [2.24, 2.45) is 5.73 Å². The maximum Gasteiger partial charge on any atom is 0.408 e. The van der Waals surface area contributed by atoms with Crippen LogP contribution in [0.5, 0.6) is 0 Å². The van der Waals surface area contributed by atoms with Crippen molar-refractivity contribution in [3.8, 4) is 0 Å². The molecule has 8 heteroatoms. The summed E-state index contributed by atoms with van der Waals surface area (Å²) in [6, 6.07) is 20.7. The third kappa shape index (κ3) is 4.86. The largest absolute Gasteiger partial charge is 0.456 e. The molecule has 0 unspecified atom stereocenters. The number of anilines is 1. The van der Waals surface area contributed by atoms with E-state index in [0.29, 0.717) is 11.3 Å². The first-order chi connectivity index (χ1) is 15.5. The minimum absolute atomic E-state index is 0.0281. The lowest BCUT2D eigenvalue weighted by Crippen LogP contribution is -2.46. The molecule has 1 atom stereocenters. The number of carbonyl (C=O) groups is 3. The van der Waals surface area contributed by atoms with Crippen molar-refractivity contribution in [1.82, 2.24) is 5.32 Å². The molecule has 0 saturated carbocycles. The summed E-state index contributed by atoms with van der Waals surface area (Å²) in [5, 5.41) is 6.97. The Labute approximate surface area is 183 Å². The van der Waals surface area contributed by atoms with Crippen molar-refractivity contribution in [2.75, 3.05) is 5.32 Å². The molecule has 0 aliphatic rings. The van der Waals surface area contributed by atoms with Crippen LogP contribution in [0, 0.1) is 0 Å². The number of hydrogen-bond acceptors (Lipinski definition) is 5. The molecule has 4 aromatic rings. The van der Waals surface area contributed by atoms with Gasteiger partial charge >= 0.3 is 6.09 Å². The Morgan fingerprint density at radius 2 is 1.62 bits per heavy atom. The van der Waals surface area contributed by atoms with Crippen LogP contribution in [0.2, 0.25) is 0 Å². The molecule has 0 radical (unpaired) electrons. The normalized spacial score (nSPS) is 11.8. The molecule has 0 fully saturated rings. The van der Waals surface area contributed by atoms with E-state index in [1.807, 2.05) is 48.5 Å². The summed E-state index contributed by atoms with van der Waals surface area (Å²) in [4.78, 5) is 36.3.